The van der Waals surface area contributed by atoms with E-state index < -0.39 is 0 Å². The van der Waals surface area contributed by atoms with Crippen molar-refractivity contribution in [1.29, 1.82) is 0 Å². The summed E-state index contributed by atoms with van der Waals surface area (Å²) in [6.45, 7) is 0. The van der Waals surface area contributed by atoms with Gasteiger partial charge in [-0.15, -0.1) is 0 Å². The van der Waals surface area contributed by atoms with Gasteiger partial charge in [0.05, 0.1) is 22.8 Å². The fraction of sp³-hybridized carbons (Fsp3) is 0. The third-order valence-corrected chi connectivity index (χ3v) is 10.3. The maximum absolute atomic E-state index is 6.54. The molecule has 11 rings (SSSR count). The fourth-order valence-electron chi connectivity index (χ4n) is 7.42. The fourth-order valence-corrected chi connectivity index (χ4v) is 7.42. The first-order chi connectivity index (χ1) is 27.7. The molecule has 0 aliphatic carbocycles. The Morgan fingerprint density at radius 2 is 0.821 bits per heavy atom. The predicted molar refractivity (Wildman–Crippen MR) is 220 cm³/mol. The van der Waals surface area contributed by atoms with Crippen LogP contribution in [0.1, 0.15) is 0 Å². The topological polar surface area (TPSA) is 104 Å². The van der Waals surface area contributed by atoms with E-state index >= 15 is 0 Å². The van der Waals surface area contributed by atoms with Gasteiger partial charge in [0.15, 0.2) is 11.2 Å². The van der Waals surface area contributed by atoms with E-state index in [1.807, 2.05) is 91.5 Å². The van der Waals surface area contributed by atoms with Crippen LogP contribution in [0.4, 0.5) is 0 Å². The van der Waals surface area contributed by atoms with Crippen LogP contribution in [0.15, 0.2) is 179 Å². The molecular weight excluding hydrogens is 693 g/mol. The van der Waals surface area contributed by atoms with Gasteiger partial charge in [0.2, 0.25) is 0 Å². The van der Waals surface area contributed by atoms with Crippen LogP contribution < -0.4 is 0 Å². The minimum Gasteiger partial charge on any atom is -0.454 e. The summed E-state index contributed by atoms with van der Waals surface area (Å²) in [7, 11) is 0. The first-order valence-corrected chi connectivity index (χ1v) is 18.2. The monoisotopic (exact) mass is 720 g/mol. The molecule has 3 aromatic carbocycles. The summed E-state index contributed by atoms with van der Waals surface area (Å²) < 4.78 is 13.0. The molecule has 0 unspecified atom stereocenters. The summed E-state index contributed by atoms with van der Waals surface area (Å²) in [6.07, 6.45) is 11.0. The SMILES string of the molecule is c1ccc(-c2ccc(-c3ccc4c(c3)oc3c(-c5ccc(-c6ccnc7c6oc6ccc(-c8ccc(-c9ccccn9)nc8)cc67)cc5)ccnc34)cn2)nc1. The summed E-state index contributed by atoms with van der Waals surface area (Å²) in [4.78, 5) is 27.7. The molecule has 0 atom stereocenters. The Morgan fingerprint density at radius 1 is 0.321 bits per heavy atom. The Bertz CT molecular complexity index is 3180. The molecule has 56 heavy (non-hydrogen) atoms. The third kappa shape index (κ3) is 5.39. The highest BCUT2D eigenvalue weighted by Gasteiger charge is 2.17. The molecule has 0 bridgehead atoms. The number of furan rings is 2. The molecule has 0 radical (unpaired) electrons. The van der Waals surface area contributed by atoms with E-state index in [1.165, 1.54) is 0 Å². The number of aromatic nitrogens is 6. The molecule has 8 aromatic heterocycles. The van der Waals surface area contributed by atoms with Crippen molar-refractivity contribution in [2.24, 2.45) is 0 Å². The van der Waals surface area contributed by atoms with Gasteiger partial charge in [-0.25, -0.2) is 0 Å². The predicted octanol–water partition coefficient (Wildman–Crippen LogP) is 11.9. The van der Waals surface area contributed by atoms with Crippen molar-refractivity contribution in [3.05, 3.63) is 171 Å². The molecule has 0 saturated carbocycles. The van der Waals surface area contributed by atoms with Crippen LogP contribution in [0.25, 0.3) is 111 Å². The van der Waals surface area contributed by atoms with E-state index in [0.29, 0.717) is 0 Å². The molecule has 262 valence electrons. The van der Waals surface area contributed by atoms with E-state index in [9.17, 15) is 0 Å². The smallest absolute Gasteiger partial charge is 0.161 e. The molecule has 0 amide bonds. The Morgan fingerprint density at radius 3 is 1.38 bits per heavy atom. The normalized spacial score (nSPS) is 11.6. The van der Waals surface area contributed by atoms with Gasteiger partial charge in [0.1, 0.15) is 22.2 Å². The summed E-state index contributed by atoms with van der Waals surface area (Å²) in [5.41, 5.74) is 16.1. The van der Waals surface area contributed by atoms with Gasteiger partial charge >= 0.3 is 0 Å². The minimum atomic E-state index is 0.747. The Hall–Kier alpha value is -7.84. The van der Waals surface area contributed by atoms with Gasteiger partial charge in [0, 0.05) is 70.2 Å². The lowest BCUT2D eigenvalue weighted by molar-refractivity contribution is 0.669. The second-order valence-electron chi connectivity index (χ2n) is 13.6. The number of fused-ring (bicyclic) bond motifs is 6. The lowest BCUT2D eigenvalue weighted by Crippen LogP contribution is -1.87. The van der Waals surface area contributed by atoms with Crippen LogP contribution in [-0.2, 0) is 0 Å². The van der Waals surface area contributed by atoms with Crippen LogP contribution in [0.3, 0.4) is 0 Å². The van der Waals surface area contributed by atoms with Crippen molar-refractivity contribution >= 4 is 44.1 Å². The summed E-state index contributed by atoms with van der Waals surface area (Å²) in [5.74, 6) is 0. The number of hydrogen-bond donors (Lipinski definition) is 0. The van der Waals surface area contributed by atoms with Gasteiger partial charge in [-0.05, 0) is 95.1 Å². The zero-order valence-electron chi connectivity index (χ0n) is 29.7. The molecule has 0 aliphatic rings. The zero-order chi connectivity index (χ0) is 37.0. The lowest BCUT2D eigenvalue weighted by Gasteiger charge is -2.06. The average Bonchev–Trinajstić information content (AvgIpc) is 3.85. The van der Waals surface area contributed by atoms with Crippen LogP contribution in [-0.4, -0.2) is 29.9 Å². The van der Waals surface area contributed by atoms with Gasteiger partial charge in [-0.3, -0.25) is 29.9 Å². The van der Waals surface area contributed by atoms with E-state index in [-0.39, 0.29) is 0 Å². The standard InChI is InChI=1S/C48H28N6O2/c1-3-21-49-39(5-1)41-16-12-33(27-53-41)31-14-18-43-38(25-31)46-48(55-43)36(20-24-52-46)30-9-7-29(8-10-30)35-19-23-51-45-37-15-11-32(26-44(37)56-47(35)45)34-13-17-42(54-28-34)40-6-2-4-22-50-40/h1-28H. The Labute approximate surface area is 319 Å². The van der Waals surface area contributed by atoms with E-state index in [2.05, 4.69) is 86.7 Å². The Kier molecular flexibility index (Phi) is 7.31. The lowest BCUT2D eigenvalue weighted by atomic mass is 9.99. The highest BCUT2D eigenvalue weighted by atomic mass is 16.3. The number of benzene rings is 3. The second kappa shape index (κ2) is 12.9. The van der Waals surface area contributed by atoms with Crippen LogP contribution in [0, 0.1) is 0 Å². The summed E-state index contributed by atoms with van der Waals surface area (Å²) in [6, 6.07) is 44.7. The first kappa shape index (κ1) is 31.7. The van der Waals surface area contributed by atoms with Gasteiger partial charge in [-0.2, -0.15) is 0 Å². The summed E-state index contributed by atoms with van der Waals surface area (Å²) >= 11 is 0. The molecule has 8 nitrogen and oxygen atoms in total. The van der Waals surface area contributed by atoms with E-state index in [4.69, 9.17) is 18.8 Å². The number of rotatable bonds is 6. The van der Waals surface area contributed by atoms with Crippen LogP contribution >= 0.6 is 0 Å². The van der Waals surface area contributed by atoms with E-state index in [0.717, 1.165) is 111 Å². The number of hydrogen-bond acceptors (Lipinski definition) is 8. The maximum Gasteiger partial charge on any atom is 0.161 e. The van der Waals surface area contributed by atoms with Crippen molar-refractivity contribution in [3.63, 3.8) is 0 Å². The number of pyridine rings is 6. The molecule has 0 N–H and O–H groups in total. The molecule has 8 heteroatoms. The quantitative estimate of drug-likeness (QED) is 0.167. The third-order valence-electron chi connectivity index (χ3n) is 10.3. The van der Waals surface area contributed by atoms with Crippen LogP contribution in [0.2, 0.25) is 0 Å². The van der Waals surface area contributed by atoms with Crippen LogP contribution in [0.5, 0.6) is 0 Å². The van der Waals surface area contributed by atoms with Crippen molar-refractivity contribution in [3.8, 4) is 67.3 Å². The van der Waals surface area contributed by atoms with Gasteiger partial charge in [-0.1, -0.05) is 60.7 Å². The summed E-state index contributed by atoms with van der Waals surface area (Å²) in [5, 5.41) is 1.92. The average molecular weight is 721 g/mol. The van der Waals surface area contributed by atoms with Crippen molar-refractivity contribution < 1.29 is 8.83 Å². The Balaban J connectivity index is 0.901. The highest BCUT2D eigenvalue weighted by Crippen LogP contribution is 2.39. The minimum absolute atomic E-state index is 0.747. The van der Waals surface area contributed by atoms with Gasteiger partial charge < -0.3 is 8.83 Å². The van der Waals surface area contributed by atoms with Crippen molar-refractivity contribution in [1.82, 2.24) is 29.9 Å². The van der Waals surface area contributed by atoms with Gasteiger partial charge in [0.25, 0.3) is 0 Å². The molecule has 8 heterocycles. The molecule has 0 fully saturated rings. The zero-order valence-corrected chi connectivity index (χ0v) is 29.7. The molecule has 11 aromatic rings. The van der Waals surface area contributed by atoms with Crippen molar-refractivity contribution in [2.45, 2.75) is 0 Å². The molecule has 0 spiro atoms. The first-order valence-electron chi connectivity index (χ1n) is 18.2. The molecular formula is C48H28N6O2. The number of nitrogens with zero attached hydrogens (tertiary/aromatic N) is 6. The highest BCUT2D eigenvalue weighted by molar-refractivity contribution is 6.09. The van der Waals surface area contributed by atoms with E-state index in [1.54, 1.807) is 12.4 Å². The largest absolute Gasteiger partial charge is 0.454 e. The molecule has 0 aliphatic heterocycles. The maximum atomic E-state index is 6.54. The molecule has 0 saturated heterocycles. The second-order valence-corrected chi connectivity index (χ2v) is 13.6. The van der Waals surface area contributed by atoms with Crippen molar-refractivity contribution in [2.75, 3.05) is 0 Å².